The zero-order valence-corrected chi connectivity index (χ0v) is 27.6. The van der Waals surface area contributed by atoms with Gasteiger partial charge < -0.3 is 9.13 Å². The van der Waals surface area contributed by atoms with Crippen LogP contribution < -0.4 is 0 Å². The molecule has 50 heavy (non-hydrogen) atoms. The monoisotopic (exact) mass is 638 g/mol. The largest absolute Gasteiger partial charge is 0.309 e. The van der Waals surface area contributed by atoms with Gasteiger partial charge in [0.05, 0.1) is 22.1 Å². The van der Waals surface area contributed by atoms with E-state index in [0.717, 1.165) is 18.5 Å². The Kier molecular flexibility index (Phi) is 6.67. The number of hydrogen-bond acceptors (Lipinski definition) is 0. The quantitative estimate of drug-likeness (QED) is 0.178. The molecule has 2 heteroatoms. The van der Waals surface area contributed by atoms with Crippen LogP contribution in [-0.2, 0) is 0 Å². The molecule has 10 rings (SSSR count). The SMILES string of the molecule is C1=CC(c2ccc(-n3c4ccccc4c4cc(-c5ccc6c(c5)c5ccccc5n6-c5ccc(-c6ccccc6)cc5)ccc43)cc2)=CCC1. The molecule has 0 fully saturated rings. The van der Waals surface area contributed by atoms with Gasteiger partial charge in [0.2, 0.25) is 0 Å². The van der Waals surface area contributed by atoms with Gasteiger partial charge in [-0.25, -0.2) is 0 Å². The number of benzene rings is 7. The van der Waals surface area contributed by atoms with Crippen LogP contribution in [0.3, 0.4) is 0 Å². The fraction of sp³-hybridized carbons (Fsp3) is 0.0417. The third-order valence-corrected chi connectivity index (χ3v) is 10.4. The lowest BCUT2D eigenvalue weighted by atomic mass is 9.99. The molecule has 2 heterocycles. The highest BCUT2D eigenvalue weighted by atomic mass is 15.0. The second-order valence-corrected chi connectivity index (χ2v) is 13.3. The Hall–Kier alpha value is -6.38. The number of aromatic nitrogens is 2. The molecule has 236 valence electrons. The summed E-state index contributed by atoms with van der Waals surface area (Å²) in [6, 6.07) is 60.0. The molecule has 0 saturated heterocycles. The number of fused-ring (bicyclic) bond motifs is 6. The lowest BCUT2D eigenvalue weighted by molar-refractivity contribution is 1.04. The predicted molar refractivity (Wildman–Crippen MR) is 212 cm³/mol. The fourth-order valence-electron chi connectivity index (χ4n) is 7.93. The van der Waals surface area contributed by atoms with E-state index in [4.69, 9.17) is 0 Å². The first-order valence-electron chi connectivity index (χ1n) is 17.5. The first-order valence-corrected chi connectivity index (χ1v) is 17.5. The number of rotatable bonds is 5. The molecule has 7 aromatic carbocycles. The predicted octanol–water partition coefficient (Wildman–Crippen LogP) is 12.9. The molecule has 0 N–H and O–H groups in total. The third-order valence-electron chi connectivity index (χ3n) is 10.4. The van der Waals surface area contributed by atoms with Crippen molar-refractivity contribution in [2.75, 3.05) is 0 Å². The number of nitrogens with zero attached hydrogens (tertiary/aromatic N) is 2. The highest BCUT2D eigenvalue weighted by Crippen LogP contribution is 2.38. The maximum atomic E-state index is 2.41. The molecule has 0 aliphatic heterocycles. The van der Waals surface area contributed by atoms with E-state index in [0.29, 0.717) is 0 Å². The Morgan fingerprint density at radius 3 is 1.34 bits per heavy atom. The minimum Gasteiger partial charge on any atom is -0.309 e. The van der Waals surface area contributed by atoms with Crippen LogP contribution in [0.2, 0.25) is 0 Å². The molecule has 2 nitrogen and oxygen atoms in total. The van der Waals surface area contributed by atoms with Crippen LogP contribution in [0.15, 0.2) is 182 Å². The van der Waals surface area contributed by atoms with Crippen LogP contribution in [0.1, 0.15) is 18.4 Å². The molecule has 0 amide bonds. The van der Waals surface area contributed by atoms with Crippen molar-refractivity contribution in [3.63, 3.8) is 0 Å². The van der Waals surface area contributed by atoms with Crippen molar-refractivity contribution >= 4 is 49.2 Å². The van der Waals surface area contributed by atoms with Gasteiger partial charge in [0.25, 0.3) is 0 Å². The van der Waals surface area contributed by atoms with Crippen molar-refractivity contribution in [1.82, 2.24) is 9.13 Å². The summed E-state index contributed by atoms with van der Waals surface area (Å²) < 4.78 is 4.80. The summed E-state index contributed by atoms with van der Waals surface area (Å²) in [5.74, 6) is 0. The number of hydrogen-bond donors (Lipinski definition) is 0. The fourth-order valence-corrected chi connectivity index (χ4v) is 7.93. The van der Waals surface area contributed by atoms with Gasteiger partial charge in [0.1, 0.15) is 0 Å². The van der Waals surface area contributed by atoms with E-state index in [1.807, 2.05) is 0 Å². The zero-order chi connectivity index (χ0) is 33.0. The van der Waals surface area contributed by atoms with E-state index >= 15 is 0 Å². The summed E-state index contributed by atoms with van der Waals surface area (Å²) in [6.07, 6.45) is 9.11. The van der Waals surface area contributed by atoms with Gasteiger partial charge in [-0.15, -0.1) is 0 Å². The molecular weight excluding hydrogens is 605 g/mol. The molecular formula is C48H34N2. The van der Waals surface area contributed by atoms with E-state index in [2.05, 4.69) is 191 Å². The Balaban J connectivity index is 1.08. The van der Waals surface area contributed by atoms with Crippen LogP contribution in [0.5, 0.6) is 0 Å². The summed E-state index contributed by atoms with van der Waals surface area (Å²) in [5.41, 5.74) is 14.7. The number of allylic oxidation sites excluding steroid dienone is 4. The van der Waals surface area contributed by atoms with Gasteiger partial charge in [-0.05, 0) is 107 Å². The van der Waals surface area contributed by atoms with E-state index in [-0.39, 0.29) is 0 Å². The highest BCUT2D eigenvalue weighted by Gasteiger charge is 2.16. The first kappa shape index (κ1) is 28.6. The van der Waals surface area contributed by atoms with Crippen LogP contribution >= 0.6 is 0 Å². The Bertz CT molecular complexity index is 2770. The van der Waals surface area contributed by atoms with Gasteiger partial charge in [-0.2, -0.15) is 0 Å². The van der Waals surface area contributed by atoms with Gasteiger partial charge in [-0.1, -0.05) is 121 Å². The highest BCUT2D eigenvalue weighted by molar-refractivity contribution is 6.12. The maximum absolute atomic E-state index is 2.41. The van der Waals surface area contributed by atoms with Crippen molar-refractivity contribution in [2.24, 2.45) is 0 Å². The van der Waals surface area contributed by atoms with E-state index < -0.39 is 0 Å². The van der Waals surface area contributed by atoms with Gasteiger partial charge in [0, 0.05) is 32.9 Å². The van der Waals surface area contributed by atoms with Crippen LogP contribution in [0.4, 0.5) is 0 Å². The number of para-hydroxylation sites is 2. The minimum absolute atomic E-state index is 1.11. The molecule has 1 aliphatic rings. The average molecular weight is 639 g/mol. The van der Waals surface area contributed by atoms with Crippen LogP contribution in [0.25, 0.3) is 82.8 Å². The standard InChI is InChI=1S/C48H34N2/c1-3-11-33(12-4-1)35-19-25-39(26-20-35)49-45-17-9-7-15-41(45)43-31-37(23-29-47(43)49)38-24-30-48-44(32-38)42-16-8-10-18-46(42)50(48)40-27-21-36(22-28-40)34-13-5-2-6-14-34/h1,3-5,7-32H,2,6H2. The minimum atomic E-state index is 1.11. The van der Waals surface area contributed by atoms with Crippen LogP contribution in [0, 0.1) is 0 Å². The van der Waals surface area contributed by atoms with Crippen molar-refractivity contribution in [3.05, 3.63) is 188 Å². The molecule has 0 radical (unpaired) electrons. The summed E-state index contributed by atoms with van der Waals surface area (Å²) in [5, 5.41) is 5.05. The lowest BCUT2D eigenvalue weighted by Gasteiger charge is -2.11. The second kappa shape index (κ2) is 11.6. The van der Waals surface area contributed by atoms with Crippen molar-refractivity contribution < 1.29 is 0 Å². The Labute approximate surface area is 291 Å². The summed E-state index contributed by atoms with van der Waals surface area (Å²) >= 11 is 0. The summed E-state index contributed by atoms with van der Waals surface area (Å²) in [4.78, 5) is 0. The maximum Gasteiger partial charge on any atom is 0.0541 e. The van der Waals surface area contributed by atoms with Crippen molar-refractivity contribution in [3.8, 4) is 33.6 Å². The Morgan fingerprint density at radius 2 is 0.800 bits per heavy atom. The molecule has 0 unspecified atom stereocenters. The molecule has 0 bridgehead atoms. The average Bonchev–Trinajstić information content (AvgIpc) is 3.71. The third kappa shape index (κ3) is 4.64. The van der Waals surface area contributed by atoms with Gasteiger partial charge >= 0.3 is 0 Å². The lowest BCUT2D eigenvalue weighted by Crippen LogP contribution is -1.94. The zero-order valence-electron chi connectivity index (χ0n) is 27.6. The molecule has 0 atom stereocenters. The molecule has 2 aromatic heterocycles. The van der Waals surface area contributed by atoms with E-state index in [1.165, 1.54) is 82.7 Å². The van der Waals surface area contributed by atoms with Gasteiger partial charge in [0.15, 0.2) is 0 Å². The van der Waals surface area contributed by atoms with Crippen LogP contribution in [-0.4, -0.2) is 9.13 Å². The second-order valence-electron chi connectivity index (χ2n) is 13.3. The molecule has 9 aromatic rings. The Morgan fingerprint density at radius 1 is 0.340 bits per heavy atom. The van der Waals surface area contributed by atoms with E-state index in [9.17, 15) is 0 Å². The summed E-state index contributed by atoms with van der Waals surface area (Å²) in [6.45, 7) is 0. The van der Waals surface area contributed by atoms with Gasteiger partial charge in [-0.3, -0.25) is 0 Å². The summed E-state index contributed by atoms with van der Waals surface area (Å²) in [7, 11) is 0. The topological polar surface area (TPSA) is 9.86 Å². The first-order chi connectivity index (χ1) is 24.8. The smallest absolute Gasteiger partial charge is 0.0541 e. The van der Waals surface area contributed by atoms with Crippen molar-refractivity contribution in [1.29, 1.82) is 0 Å². The molecule has 1 aliphatic carbocycles. The molecule has 0 saturated carbocycles. The normalized spacial score (nSPS) is 13.1. The van der Waals surface area contributed by atoms with Crippen molar-refractivity contribution in [2.45, 2.75) is 12.8 Å². The molecule has 0 spiro atoms. The van der Waals surface area contributed by atoms with E-state index in [1.54, 1.807) is 0 Å².